The Hall–Kier alpha value is -1.64. The zero-order chi connectivity index (χ0) is 16.5. The fourth-order valence-electron chi connectivity index (χ4n) is 1.85. The van der Waals surface area contributed by atoms with Crippen LogP contribution in [0, 0.1) is 19.7 Å². The van der Waals surface area contributed by atoms with E-state index in [1.54, 1.807) is 13.8 Å². The third-order valence-electron chi connectivity index (χ3n) is 3.20. The zero-order valence-corrected chi connectivity index (χ0v) is 14.5. The standard InChI is InChI=1S/C14H15F3N4O.2ClH/c1-7-8(2)21-12-10(3-9(15)4-11(12)20-7)13(22)19-6-14(16,17)5-18;;/h3-4H,5-6,18H2,1-2H3,(H,19,22);2*1H. The molecule has 1 amide bonds. The average Bonchev–Trinajstić information content (AvgIpc) is 2.46. The lowest BCUT2D eigenvalue weighted by molar-refractivity contribution is 0.0119. The molecule has 3 N–H and O–H groups in total. The molecule has 0 saturated heterocycles. The zero-order valence-electron chi connectivity index (χ0n) is 12.9. The minimum atomic E-state index is -3.23. The van der Waals surface area contributed by atoms with E-state index in [1.807, 2.05) is 5.32 Å². The normalized spacial score (nSPS) is 10.8. The molecule has 0 fully saturated rings. The molecule has 5 nitrogen and oxygen atoms in total. The molecule has 0 bridgehead atoms. The first-order valence-electron chi connectivity index (χ1n) is 6.54. The summed E-state index contributed by atoms with van der Waals surface area (Å²) in [6.45, 7) is 1.57. The van der Waals surface area contributed by atoms with Crippen molar-refractivity contribution in [1.29, 1.82) is 0 Å². The van der Waals surface area contributed by atoms with Gasteiger partial charge in [-0.05, 0) is 19.9 Å². The van der Waals surface area contributed by atoms with Crippen molar-refractivity contribution < 1.29 is 18.0 Å². The van der Waals surface area contributed by atoms with Gasteiger partial charge in [-0.3, -0.25) is 4.79 Å². The molecular weight excluding hydrogens is 368 g/mol. The van der Waals surface area contributed by atoms with Crippen molar-refractivity contribution in [2.45, 2.75) is 19.8 Å². The van der Waals surface area contributed by atoms with Gasteiger partial charge in [-0.25, -0.2) is 23.1 Å². The van der Waals surface area contributed by atoms with Gasteiger partial charge < -0.3 is 11.1 Å². The monoisotopic (exact) mass is 384 g/mol. The third kappa shape index (κ3) is 4.93. The highest BCUT2D eigenvalue weighted by atomic mass is 35.5. The fourth-order valence-corrected chi connectivity index (χ4v) is 1.85. The summed E-state index contributed by atoms with van der Waals surface area (Å²) in [5, 5.41) is 2.04. The number of alkyl halides is 2. The molecule has 0 aliphatic carbocycles. The molecule has 24 heavy (non-hydrogen) atoms. The number of halogens is 5. The van der Waals surface area contributed by atoms with Crippen molar-refractivity contribution in [1.82, 2.24) is 15.3 Å². The van der Waals surface area contributed by atoms with Gasteiger partial charge in [0.15, 0.2) is 0 Å². The van der Waals surface area contributed by atoms with E-state index in [0.29, 0.717) is 11.4 Å². The smallest absolute Gasteiger partial charge is 0.277 e. The van der Waals surface area contributed by atoms with Crippen LogP contribution in [0.25, 0.3) is 11.0 Å². The molecule has 1 aromatic carbocycles. The molecular formula is C14H17Cl2F3N4O. The molecule has 134 valence electrons. The number of aromatic nitrogens is 2. The van der Waals surface area contributed by atoms with Gasteiger partial charge in [0.25, 0.3) is 11.8 Å². The van der Waals surface area contributed by atoms with Gasteiger partial charge in [-0.2, -0.15) is 0 Å². The number of nitrogens with zero attached hydrogens (tertiary/aromatic N) is 2. The number of nitrogens with one attached hydrogen (secondary N) is 1. The Morgan fingerprint density at radius 3 is 2.38 bits per heavy atom. The van der Waals surface area contributed by atoms with Crippen LogP contribution in [-0.2, 0) is 0 Å². The van der Waals surface area contributed by atoms with Crippen molar-refractivity contribution in [2.24, 2.45) is 5.73 Å². The lowest BCUT2D eigenvalue weighted by atomic mass is 10.1. The second-order valence-electron chi connectivity index (χ2n) is 4.96. The molecule has 0 aliphatic heterocycles. The Morgan fingerprint density at radius 1 is 1.21 bits per heavy atom. The van der Waals surface area contributed by atoms with E-state index < -0.39 is 30.7 Å². The molecule has 0 spiro atoms. The summed E-state index contributed by atoms with van der Waals surface area (Å²) < 4.78 is 39.8. The Balaban J connectivity index is 0.00000264. The maximum atomic E-state index is 13.6. The summed E-state index contributed by atoms with van der Waals surface area (Å²) in [6.07, 6.45) is 0. The van der Waals surface area contributed by atoms with Gasteiger partial charge in [0.2, 0.25) is 0 Å². The summed E-state index contributed by atoms with van der Waals surface area (Å²) in [7, 11) is 0. The van der Waals surface area contributed by atoms with Crippen LogP contribution in [0.2, 0.25) is 0 Å². The van der Waals surface area contributed by atoms with Crippen LogP contribution in [0.5, 0.6) is 0 Å². The molecule has 1 aromatic heterocycles. The van der Waals surface area contributed by atoms with Gasteiger partial charge in [0, 0.05) is 6.07 Å². The van der Waals surface area contributed by atoms with Gasteiger partial charge in [-0.15, -0.1) is 24.8 Å². The second-order valence-corrected chi connectivity index (χ2v) is 4.96. The van der Waals surface area contributed by atoms with Crippen molar-refractivity contribution in [2.75, 3.05) is 13.1 Å². The van der Waals surface area contributed by atoms with Crippen LogP contribution >= 0.6 is 24.8 Å². The van der Waals surface area contributed by atoms with Crippen LogP contribution in [0.15, 0.2) is 12.1 Å². The molecule has 2 rings (SSSR count). The lowest BCUT2D eigenvalue weighted by Crippen LogP contribution is -2.41. The van der Waals surface area contributed by atoms with Crippen LogP contribution in [0.1, 0.15) is 21.7 Å². The van der Waals surface area contributed by atoms with E-state index in [2.05, 4.69) is 9.97 Å². The quantitative estimate of drug-likeness (QED) is 0.848. The molecule has 0 radical (unpaired) electrons. The third-order valence-corrected chi connectivity index (χ3v) is 3.20. The van der Waals surface area contributed by atoms with Gasteiger partial charge >= 0.3 is 0 Å². The average molecular weight is 385 g/mol. The number of fused-ring (bicyclic) bond motifs is 1. The molecule has 0 saturated carbocycles. The summed E-state index contributed by atoms with van der Waals surface area (Å²) in [5.74, 6) is -4.77. The Bertz CT molecular complexity index is 744. The lowest BCUT2D eigenvalue weighted by Gasteiger charge is -2.15. The number of amides is 1. The number of hydrogen-bond donors (Lipinski definition) is 2. The number of carbonyl (C=O) groups is 1. The summed E-state index contributed by atoms with van der Waals surface area (Å²) in [6, 6.07) is 2.09. The van der Waals surface area contributed by atoms with Gasteiger partial charge in [-0.1, -0.05) is 0 Å². The van der Waals surface area contributed by atoms with Crippen molar-refractivity contribution in [3.8, 4) is 0 Å². The molecule has 0 unspecified atom stereocenters. The first-order chi connectivity index (χ1) is 10.2. The Labute approximate surface area is 149 Å². The highest BCUT2D eigenvalue weighted by Gasteiger charge is 2.28. The van der Waals surface area contributed by atoms with E-state index in [9.17, 15) is 18.0 Å². The molecule has 1 heterocycles. The maximum absolute atomic E-state index is 13.6. The van der Waals surface area contributed by atoms with Crippen LogP contribution in [-0.4, -0.2) is 34.9 Å². The Kier molecular flexibility index (Phi) is 7.88. The van der Waals surface area contributed by atoms with Crippen LogP contribution in [0.4, 0.5) is 13.2 Å². The second kappa shape index (κ2) is 8.46. The van der Waals surface area contributed by atoms with Crippen LogP contribution in [0.3, 0.4) is 0 Å². The summed E-state index contributed by atoms with van der Waals surface area (Å²) in [4.78, 5) is 20.4. The highest BCUT2D eigenvalue weighted by Crippen LogP contribution is 2.19. The van der Waals surface area contributed by atoms with Crippen LogP contribution < -0.4 is 11.1 Å². The number of aryl methyl sites for hydroxylation is 2. The maximum Gasteiger partial charge on any atom is 0.277 e. The molecule has 10 heteroatoms. The topological polar surface area (TPSA) is 80.9 Å². The highest BCUT2D eigenvalue weighted by molar-refractivity contribution is 6.04. The van der Waals surface area contributed by atoms with Gasteiger partial charge in [0.1, 0.15) is 11.3 Å². The van der Waals surface area contributed by atoms with E-state index >= 15 is 0 Å². The van der Waals surface area contributed by atoms with E-state index in [4.69, 9.17) is 5.73 Å². The summed E-state index contributed by atoms with van der Waals surface area (Å²) >= 11 is 0. The minimum absolute atomic E-state index is 0. The number of carbonyl (C=O) groups excluding carboxylic acids is 1. The van der Waals surface area contributed by atoms with E-state index in [-0.39, 0.29) is 41.4 Å². The Morgan fingerprint density at radius 2 is 1.79 bits per heavy atom. The molecule has 0 aliphatic rings. The van der Waals surface area contributed by atoms with E-state index in [0.717, 1.165) is 12.1 Å². The number of rotatable bonds is 4. The molecule has 2 aromatic rings. The predicted octanol–water partition coefficient (Wildman–Crippen LogP) is 2.55. The molecule has 0 atom stereocenters. The number of benzene rings is 1. The van der Waals surface area contributed by atoms with E-state index in [1.165, 1.54) is 0 Å². The summed E-state index contributed by atoms with van der Waals surface area (Å²) in [5.41, 5.74) is 6.28. The fraction of sp³-hybridized carbons (Fsp3) is 0.357. The number of hydrogen-bond acceptors (Lipinski definition) is 4. The first-order valence-corrected chi connectivity index (χ1v) is 6.54. The predicted molar refractivity (Wildman–Crippen MR) is 89.8 cm³/mol. The van der Waals surface area contributed by atoms with Crippen molar-refractivity contribution >= 4 is 41.8 Å². The first kappa shape index (κ1) is 22.4. The SMILES string of the molecule is Cc1nc2cc(F)cc(C(=O)NCC(F)(F)CN)c2nc1C.Cl.Cl. The number of nitrogens with two attached hydrogens (primary N) is 1. The van der Waals surface area contributed by atoms with Crippen molar-refractivity contribution in [3.05, 3.63) is 34.9 Å². The van der Waals surface area contributed by atoms with Crippen molar-refractivity contribution in [3.63, 3.8) is 0 Å². The van der Waals surface area contributed by atoms with Gasteiger partial charge in [0.05, 0.1) is 35.6 Å². The largest absolute Gasteiger partial charge is 0.346 e. The minimum Gasteiger partial charge on any atom is -0.346 e.